The second kappa shape index (κ2) is 8.37. The summed E-state index contributed by atoms with van der Waals surface area (Å²) >= 11 is 24.6. The van der Waals surface area contributed by atoms with Crippen molar-refractivity contribution < 1.29 is 9.90 Å². The molecule has 0 spiro atoms. The third kappa shape index (κ3) is 4.13. The molecule has 1 N–H and O–H groups in total. The molecule has 0 radical (unpaired) electrons. The molecular weight excluding hydrogens is 416 g/mol. The quantitative estimate of drug-likeness (QED) is 0.613. The van der Waals surface area contributed by atoms with Crippen LogP contribution in [0.5, 0.6) is 0 Å². The number of nitrogens with zero attached hydrogens (tertiary/aromatic N) is 1. The van der Waals surface area contributed by atoms with Gasteiger partial charge in [0.05, 0.1) is 26.1 Å². The summed E-state index contributed by atoms with van der Waals surface area (Å²) in [6.07, 6.45) is 2.43. The van der Waals surface area contributed by atoms with Crippen molar-refractivity contribution in [2.75, 3.05) is 6.54 Å². The fourth-order valence-electron chi connectivity index (χ4n) is 3.47. The van der Waals surface area contributed by atoms with Crippen LogP contribution in [0.25, 0.3) is 0 Å². The average Bonchev–Trinajstić information content (AvgIpc) is 2.61. The van der Waals surface area contributed by atoms with Crippen LogP contribution in [0.1, 0.15) is 36.4 Å². The van der Waals surface area contributed by atoms with Crippen LogP contribution >= 0.6 is 46.4 Å². The monoisotopic (exact) mass is 431 g/mol. The number of carboxylic acids is 1. The molecule has 1 fully saturated rings. The van der Waals surface area contributed by atoms with Crippen LogP contribution in [0.15, 0.2) is 36.4 Å². The molecule has 7 heteroatoms. The predicted molar refractivity (Wildman–Crippen MR) is 107 cm³/mol. The van der Waals surface area contributed by atoms with Crippen molar-refractivity contribution in [3.8, 4) is 0 Å². The van der Waals surface area contributed by atoms with Gasteiger partial charge in [-0.25, -0.2) is 0 Å². The molecule has 1 saturated heterocycles. The van der Waals surface area contributed by atoms with Crippen LogP contribution in [0, 0.1) is 0 Å². The third-order valence-electron chi connectivity index (χ3n) is 4.68. The highest BCUT2D eigenvalue weighted by Crippen LogP contribution is 2.38. The molecule has 2 aromatic rings. The standard InChI is InChI=1S/C19H17Cl4NO2/c20-13-6-4-11(9-15(13)22)18(12-5-7-14(21)16(23)10-12)24-8-2-1-3-17(24)19(25)26/h4-7,9-10,17-18H,1-3,8H2,(H,25,26). The van der Waals surface area contributed by atoms with Gasteiger partial charge in [-0.15, -0.1) is 0 Å². The van der Waals surface area contributed by atoms with Crippen LogP contribution in [0.4, 0.5) is 0 Å². The Labute approximate surface area is 172 Å². The van der Waals surface area contributed by atoms with E-state index < -0.39 is 12.0 Å². The molecule has 0 bridgehead atoms. The van der Waals surface area contributed by atoms with Crippen LogP contribution < -0.4 is 0 Å². The number of carbonyl (C=O) groups is 1. The lowest BCUT2D eigenvalue weighted by Crippen LogP contribution is -2.46. The zero-order valence-electron chi connectivity index (χ0n) is 13.8. The van der Waals surface area contributed by atoms with E-state index in [0.717, 1.165) is 24.0 Å². The van der Waals surface area contributed by atoms with Gasteiger partial charge in [0, 0.05) is 0 Å². The van der Waals surface area contributed by atoms with E-state index in [2.05, 4.69) is 0 Å². The number of halogens is 4. The van der Waals surface area contributed by atoms with E-state index in [1.807, 2.05) is 17.0 Å². The molecule has 0 aromatic heterocycles. The van der Waals surface area contributed by atoms with Gasteiger partial charge in [-0.05, 0) is 54.8 Å². The minimum atomic E-state index is -0.824. The van der Waals surface area contributed by atoms with E-state index in [-0.39, 0.29) is 6.04 Å². The summed E-state index contributed by atoms with van der Waals surface area (Å²) in [7, 11) is 0. The van der Waals surface area contributed by atoms with E-state index in [9.17, 15) is 9.90 Å². The van der Waals surface area contributed by atoms with Crippen LogP contribution in [0.2, 0.25) is 20.1 Å². The van der Waals surface area contributed by atoms with Crippen LogP contribution in [-0.2, 0) is 4.79 Å². The van der Waals surface area contributed by atoms with Crippen molar-refractivity contribution in [2.24, 2.45) is 0 Å². The lowest BCUT2D eigenvalue weighted by molar-refractivity contribution is -0.145. The molecule has 0 amide bonds. The number of rotatable bonds is 4. The lowest BCUT2D eigenvalue weighted by atomic mass is 9.91. The molecule has 138 valence electrons. The summed E-state index contributed by atoms with van der Waals surface area (Å²) in [6, 6.07) is 9.88. The minimum absolute atomic E-state index is 0.305. The van der Waals surface area contributed by atoms with E-state index in [1.165, 1.54) is 0 Å². The largest absolute Gasteiger partial charge is 0.480 e. The smallest absolute Gasteiger partial charge is 0.320 e. The first-order chi connectivity index (χ1) is 12.4. The highest BCUT2D eigenvalue weighted by atomic mass is 35.5. The Balaban J connectivity index is 2.12. The van der Waals surface area contributed by atoms with Gasteiger partial charge in [0.1, 0.15) is 6.04 Å². The lowest BCUT2D eigenvalue weighted by Gasteiger charge is -2.39. The average molecular weight is 433 g/mol. The number of benzene rings is 2. The first-order valence-corrected chi connectivity index (χ1v) is 9.78. The summed E-state index contributed by atoms with van der Waals surface area (Å²) in [4.78, 5) is 13.8. The Morgan fingerprint density at radius 3 is 1.92 bits per heavy atom. The maximum atomic E-state index is 11.8. The number of aliphatic carboxylic acids is 1. The molecule has 1 heterocycles. The molecule has 1 unspecified atom stereocenters. The molecule has 1 aliphatic rings. The Bertz CT molecular complexity index is 776. The van der Waals surface area contributed by atoms with E-state index >= 15 is 0 Å². The molecule has 2 aromatic carbocycles. The first kappa shape index (κ1) is 19.8. The molecule has 1 atom stereocenters. The Hall–Kier alpha value is -0.970. The molecule has 3 nitrogen and oxygen atoms in total. The Morgan fingerprint density at radius 2 is 1.46 bits per heavy atom. The highest BCUT2D eigenvalue weighted by Gasteiger charge is 2.35. The van der Waals surface area contributed by atoms with Crippen molar-refractivity contribution >= 4 is 52.4 Å². The minimum Gasteiger partial charge on any atom is -0.480 e. The van der Waals surface area contributed by atoms with E-state index in [0.29, 0.717) is 33.1 Å². The number of hydrogen-bond acceptors (Lipinski definition) is 2. The summed E-state index contributed by atoms with van der Waals surface area (Å²) in [5.41, 5.74) is 1.73. The molecule has 0 aliphatic carbocycles. The number of likely N-dealkylation sites (tertiary alicyclic amines) is 1. The molecule has 3 rings (SSSR count). The van der Waals surface area contributed by atoms with Gasteiger partial charge in [0.15, 0.2) is 0 Å². The first-order valence-electron chi connectivity index (χ1n) is 8.27. The normalized spacial score (nSPS) is 18.3. The predicted octanol–water partition coefficient (Wildman–Crippen LogP) is 6.33. The van der Waals surface area contributed by atoms with Gasteiger partial charge in [-0.2, -0.15) is 0 Å². The van der Waals surface area contributed by atoms with E-state index in [1.54, 1.807) is 24.3 Å². The van der Waals surface area contributed by atoms with Gasteiger partial charge in [-0.1, -0.05) is 65.0 Å². The summed E-state index contributed by atoms with van der Waals surface area (Å²) in [6.45, 7) is 0.669. The summed E-state index contributed by atoms with van der Waals surface area (Å²) in [5.74, 6) is -0.824. The fourth-order valence-corrected chi connectivity index (χ4v) is 4.08. The highest BCUT2D eigenvalue weighted by molar-refractivity contribution is 6.42. The van der Waals surface area contributed by atoms with Gasteiger partial charge >= 0.3 is 5.97 Å². The van der Waals surface area contributed by atoms with E-state index in [4.69, 9.17) is 46.4 Å². The number of hydrogen-bond donors (Lipinski definition) is 1. The van der Waals surface area contributed by atoms with Crippen molar-refractivity contribution in [1.29, 1.82) is 0 Å². The zero-order chi connectivity index (χ0) is 18.8. The second-order valence-electron chi connectivity index (χ2n) is 6.34. The fraction of sp³-hybridized carbons (Fsp3) is 0.316. The summed E-state index contributed by atoms with van der Waals surface area (Å²) in [5, 5.41) is 11.5. The Kier molecular flexibility index (Phi) is 6.37. The van der Waals surface area contributed by atoms with Crippen LogP contribution in [0.3, 0.4) is 0 Å². The molecule has 0 saturated carbocycles. The van der Waals surface area contributed by atoms with Crippen molar-refractivity contribution in [3.63, 3.8) is 0 Å². The zero-order valence-corrected chi connectivity index (χ0v) is 16.8. The maximum absolute atomic E-state index is 11.8. The van der Waals surface area contributed by atoms with Gasteiger partial charge in [0.2, 0.25) is 0 Å². The number of piperidine rings is 1. The molecule has 26 heavy (non-hydrogen) atoms. The number of carboxylic acid groups (broad SMARTS) is 1. The topological polar surface area (TPSA) is 40.5 Å². The molecular formula is C19H17Cl4NO2. The van der Waals surface area contributed by atoms with Crippen molar-refractivity contribution in [3.05, 3.63) is 67.6 Å². The summed E-state index contributed by atoms with van der Waals surface area (Å²) < 4.78 is 0. The maximum Gasteiger partial charge on any atom is 0.320 e. The van der Waals surface area contributed by atoms with Crippen molar-refractivity contribution in [2.45, 2.75) is 31.3 Å². The van der Waals surface area contributed by atoms with Gasteiger partial charge in [0.25, 0.3) is 0 Å². The SMILES string of the molecule is O=C(O)C1CCCCN1C(c1ccc(Cl)c(Cl)c1)c1ccc(Cl)c(Cl)c1. The third-order valence-corrected chi connectivity index (χ3v) is 6.16. The van der Waals surface area contributed by atoms with Crippen molar-refractivity contribution in [1.82, 2.24) is 4.90 Å². The van der Waals surface area contributed by atoms with Gasteiger partial charge in [-0.3, -0.25) is 9.69 Å². The Morgan fingerprint density at radius 1 is 0.923 bits per heavy atom. The molecule has 1 aliphatic heterocycles. The second-order valence-corrected chi connectivity index (χ2v) is 7.97. The van der Waals surface area contributed by atoms with Crippen LogP contribution in [-0.4, -0.2) is 28.6 Å². The van der Waals surface area contributed by atoms with Gasteiger partial charge < -0.3 is 5.11 Å².